The summed E-state index contributed by atoms with van der Waals surface area (Å²) in [6.07, 6.45) is 1.64. The van der Waals surface area contributed by atoms with E-state index in [1.54, 1.807) is 29.7 Å². The van der Waals surface area contributed by atoms with Crippen LogP contribution in [0.1, 0.15) is 23.0 Å². The average molecular weight is 343 g/mol. The molecule has 0 saturated heterocycles. The molecule has 0 bridgehead atoms. The predicted octanol–water partition coefficient (Wildman–Crippen LogP) is 4.89. The number of carbonyl (C=O) groups excluding carboxylic acids is 1. The summed E-state index contributed by atoms with van der Waals surface area (Å²) < 4.78 is 6.66. The Labute approximate surface area is 143 Å². The number of fused-ring (bicyclic) bond motifs is 1. The van der Waals surface area contributed by atoms with Gasteiger partial charge in [-0.25, -0.2) is 9.78 Å². The minimum Gasteiger partial charge on any atom is -0.461 e. The first-order chi connectivity index (χ1) is 11.6. The molecule has 0 aliphatic rings. The Bertz CT molecular complexity index is 916. The van der Waals surface area contributed by atoms with Crippen molar-refractivity contribution in [3.8, 4) is 0 Å². The molecule has 24 heavy (non-hydrogen) atoms. The highest BCUT2D eigenvalue weighted by atomic mass is 35.5. The maximum atomic E-state index is 12.1. The molecule has 3 aromatic rings. The van der Waals surface area contributed by atoms with Gasteiger partial charge in [0.25, 0.3) is 0 Å². The quantitative estimate of drug-likeness (QED) is 0.500. The SMILES string of the molecule is CCOC(=O)c1nc2ccc(Cl)cn2c1N=Nc1ccc(C)cc1. The Morgan fingerprint density at radius 2 is 1.96 bits per heavy atom. The summed E-state index contributed by atoms with van der Waals surface area (Å²) in [7, 11) is 0. The van der Waals surface area contributed by atoms with Crippen LogP contribution in [0.2, 0.25) is 5.02 Å². The number of aromatic nitrogens is 2. The molecule has 2 heterocycles. The van der Waals surface area contributed by atoms with Crippen LogP contribution < -0.4 is 0 Å². The predicted molar refractivity (Wildman–Crippen MR) is 91.5 cm³/mol. The molecule has 2 aromatic heterocycles. The number of imidazole rings is 1. The Morgan fingerprint density at radius 1 is 1.21 bits per heavy atom. The van der Waals surface area contributed by atoms with Gasteiger partial charge in [-0.05, 0) is 38.1 Å². The highest BCUT2D eigenvalue weighted by molar-refractivity contribution is 6.30. The normalized spacial score (nSPS) is 11.3. The highest BCUT2D eigenvalue weighted by Gasteiger charge is 2.20. The molecule has 0 amide bonds. The first kappa shape index (κ1) is 16.1. The molecule has 6 nitrogen and oxygen atoms in total. The molecular formula is C17H15ClN4O2. The molecule has 0 unspecified atom stereocenters. The maximum absolute atomic E-state index is 12.1. The molecule has 0 saturated carbocycles. The summed E-state index contributed by atoms with van der Waals surface area (Å²) in [5, 5.41) is 8.89. The third kappa shape index (κ3) is 3.28. The van der Waals surface area contributed by atoms with Gasteiger partial charge < -0.3 is 4.74 Å². The largest absolute Gasteiger partial charge is 0.461 e. The lowest BCUT2D eigenvalue weighted by molar-refractivity contribution is 0.0521. The van der Waals surface area contributed by atoms with Crippen LogP contribution in [0, 0.1) is 6.92 Å². The number of carbonyl (C=O) groups is 1. The standard InChI is InChI=1S/C17H15ClN4O2/c1-3-24-17(23)15-16(21-20-13-7-4-11(2)5-8-13)22-10-12(18)6-9-14(22)19-15/h4-10H,3H2,1-2H3. The van der Waals surface area contributed by atoms with Gasteiger partial charge in [0.05, 0.1) is 17.3 Å². The zero-order chi connectivity index (χ0) is 17.1. The molecule has 122 valence electrons. The lowest BCUT2D eigenvalue weighted by Gasteiger charge is -2.00. The Hall–Kier alpha value is -2.73. The molecule has 3 rings (SSSR count). The lowest BCUT2D eigenvalue weighted by Crippen LogP contribution is -2.05. The van der Waals surface area contributed by atoms with Crippen molar-refractivity contribution in [2.24, 2.45) is 10.2 Å². The van der Waals surface area contributed by atoms with E-state index < -0.39 is 5.97 Å². The van der Waals surface area contributed by atoms with Gasteiger partial charge in [-0.2, -0.15) is 0 Å². The van der Waals surface area contributed by atoms with Crippen LogP contribution in [0.25, 0.3) is 5.65 Å². The van der Waals surface area contributed by atoms with Gasteiger partial charge in [-0.1, -0.05) is 29.3 Å². The number of aryl methyl sites for hydroxylation is 1. The van der Waals surface area contributed by atoms with E-state index in [9.17, 15) is 4.79 Å². The number of azo groups is 1. The second-order valence-electron chi connectivity index (χ2n) is 5.12. The number of hydrogen-bond acceptors (Lipinski definition) is 5. The van der Waals surface area contributed by atoms with Gasteiger partial charge in [0, 0.05) is 6.20 Å². The Balaban J connectivity index is 2.09. The van der Waals surface area contributed by atoms with E-state index in [-0.39, 0.29) is 18.1 Å². The van der Waals surface area contributed by atoms with E-state index in [1.165, 1.54) is 0 Å². The molecule has 0 aliphatic carbocycles. The van der Waals surface area contributed by atoms with Gasteiger partial charge in [-0.3, -0.25) is 4.40 Å². The number of halogens is 1. The average Bonchev–Trinajstić information content (AvgIpc) is 2.92. The first-order valence-corrected chi connectivity index (χ1v) is 7.79. The summed E-state index contributed by atoms with van der Waals surface area (Å²) in [4.78, 5) is 16.4. The van der Waals surface area contributed by atoms with Crippen molar-refractivity contribution in [1.82, 2.24) is 9.38 Å². The van der Waals surface area contributed by atoms with Crippen molar-refractivity contribution in [2.75, 3.05) is 6.61 Å². The van der Waals surface area contributed by atoms with E-state index in [0.29, 0.717) is 16.4 Å². The summed E-state index contributed by atoms with van der Waals surface area (Å²) in [5.41, 5.74) is 2.45. The number of esters is 1. The van der Waals surface area contributed by atoms with Crippen molar-refractivity contribution < 1.29 is 9.53 Å². The minimum absolute atomic E-state index is 0.106. The molecule has 1 aromatic carbocycles. The van der Waals surface area contributed by atoms with Crippen LogP contribution in [-0.2, 0) is 4.74 Å². The first-order valence-electron chi connectivity index (χ1n) is 7.41. The maximum Gasteiger partial charge on any atom is 0.360 e. The van der Waals surface area contributed by atoms with Gasteiger partial charge in [-0.15, -0.1) is 10.2 Å². The van der Waals surface area contributed by atoms with Crippen molar-refractivity contribution in [3.63, 3.8) is 0 Å². The smallest absolute Gasteiger partial charge is 0.360 e. The van der Waals surface area contributed by atoms with Crippen molar-refractivity contribution in [2.45, 2.75) is 13.8 Å². The van der Waals surface area contributed by atoms with Crippen LogP contribution in [0.5, 0.6) is 0 Å². The topological polar surface area (TPSA) is 68.3 Å². The zero-order valence-corrected chi connectivity index (χ0v) is 14.0. The Kier molecular flexibility index (Phi) is 4.57. The van der Waals surface area contributed by atoms with Crippen molar-refractivity contribution >= 4 is 34.7 Å². The van der Waals surface area contributed by atoms with Gasteiger partial charge in [0.15, 0.2) is 11.5 Å². The van der Waals surface area contributed by atoms with E-state index in [2.05, 4.69) is 15.2 Å². The second kappa shape index (κ2) is 6.80. The number of hydrogen-bond donors (Lipinski definition) is 0. The third-order valence-electron chi connectivity index (χ3n) is 3.32. The second-order valence-corrected chi connectivity index (χ2v) is 5.55. The van der Waals surface area contributed by atoms with E-state index in [4.69, 9.17) is 16.3 Å². The summed E-state index contributed by atoms with van der Waals surface area (Å²) in [6, 6.07) is 11.0. The van der Waals surface area contributed by atoms with E-state index in [0.717, 1.165) is 5.56 Å². The van der Waals surface area contributed by atoms with Crippen LogP contribution in [0.15, 0.2) is 52.8 Å². The third-order valence-corrected chi connectivity index (χ3v) is 3.54. The van der Waals surface area contributed by atoms with Crippen LogP contribution in [0.3, 0.4) is 0 Å². The van der Waals surface area contributed by atoms with Crippen molar-refractivity contribution in [1.29, 1.82) is 0 Å². The molecule has 0 spiro atoms. The van der Waals surface area contributed by atoms with Gasteiger partial charge in [0.2, 0.25) is 0 Å². The minimum atomic E-state index is -0.546. The number of ether oxygens (including phenoxy) is 1. The fourth-order valence-electron chi connectivity index (χ4n) is 2.15. The Morgan fingerprint density at radius 3 is 2.67 bits per heavy atom. The molecule has 0 N–H and O–H groups in total. The summed E-state index contributed by atoms with van der Waals surface area (Å²) >= 11 is 6.04. The number of nitrogens with zero attached hydrogens (tertiary/aromatic N) is 4. The molecule has 0 aliphatic heterocycles. The molecule has 0 radical (unpaired) electrons. The monoisotopic (exact) mass is 342 g/mol. The molecule has 0 atom stereocenters. The van der Waals surface area contributed by atoms with Crippen LogP contribution in [-0.4, -0.2) is 22.0 Å². The number of benzene rings is 1. The van der Waals surface area contributed by atoms with Gasteiger partial charge in [0.1, 0.15) is 5.65 Å². The lowest BCUT2D eigenvalue weighted by atomic mass is 10.2. The number of pyridine rings is 1. The highest BCUT2D eigenvalue weighted by Crippen LogP contribution is 2.26. The molecule has 0 fully saturated rings. The van der Waals surface area contributed by atoms with Gasteiger partial charge >= 0.3 is 5.97 Å². The van der Waals surface area contributed by atoms with Crippen LogP contribution >= 0.6 is 11.6 Å². The van der Waals surface area contributed by atoms with E-state index in [1.807, 2.05) is 31.2 Å². The molecular weight excluding hydrogens is 328 g/mol. The fraction of sp³-hybridized carbons (Fsp3) is 0.176. The summed E-state index contributed by atoms with van der Waals surface area (Å²) in [5.74, 6) is -0.262. The van der Waals surface area contributed by atoms with E-state index >= 15 is 0 Å². The zero-order valence-electron chi connectivity index (χ0n) is 13.2. The van der Waals surface area contributed by atoms with Crippen LogP contribution in [0.4, 0.5) is 11.5 Å². The fourth-order valence-corrected chi connectivity index (χ4v) is 2.32. The molecule has 7 heteroatoms. The number of rotatable bonds is 4. The summed E-state index contributed by atoms with van der Waals surface area (Å²) in [6.45, 7) is 3.98. The van der Waals surface area contributed by atoms with Crippen molar-refractivity contribution in [3.05, 3.63) is 58.9 Å².